The van der Waals surface area contributed by atoms with Gasteiger partial charge < -0.3 is 24.1 Å². The summed E-state index contributed by atoms with van der Waals surface area (Å²) in [6, 6.07) is 11.3. The Bertz CT molecular complexity index is 1370. The number of nitrogens with one attached hydrogen (secondary N) is 1. The monoisotopic (exact) mass is 453 g/mol. The first-order chi connectivity index (χ1) is 15.9. The summed E-state index contributed by atoms with van der Waals surface area (Å²) in [6.45, 7) is 2.44. The van der Waals surface area contributed by atoms with Crippen LogP contribution >= 0.6 is 0 Å². The summed E-state index contributed by atoms with van der Waals surface area (Å²) in [6.07, 6.45) is 1.51. The third-order valence-corrected chi connectivity index (χ3v) is 5.49. The molecule has 10 heteroatoms. The van der Waals surface area contributed by atoms with Crippen LogP contribution in [0.5, 0.6) is 5.75 Å². The smallest absolute Gasteiger partial charge is 0.332 e. The second-order valence-corrected chi connectivity index (χ2v) is 7.82. The molecule has 0 bridgehead atoms. The van der Waals surface area contributed by atoms with E-state index in [1.54, 1.807) is 23.9 Å². The number of ether oxygens (including phenoxy) is 1. The molecule has 4 rings (SSSR count). The zero-order chi connectivity index (χ0) is 23.5. The lowest BCUT2D eigenvalue weighted by Crippen LogP contribution is -2.38. The van der Waals surface area contributed by atoms with Crippen molar-refractivity contribution in [3.05, 3.63) is 74.8 Å². The van der Waals surface area contributed by atoms with Crippen LogP contribution in [0.2, 0.25) is 0 Å². The fraction of sp³-hybridized carbons (Fsp3) is 0.348. The van der Waals surface area contributed by atoms with Gasteiger partial charge in [-0.25, -0.2) is 4.79 Å². The van der Waals surface area contributed by atoms with Gasteiger partial charge in [-0.15, -0.1) is 0 Å². The van der Waals surface area contributed by atoms with Gasteiger partial charge in [-0.2, -0.15) is 4.98 Å². The summed E-state index contributed by atoms with van der Waals surface area (Å²) in [5.41, 5.74) is 0.614. The topological polar surface area (TPSA) is 116 Å². The number of aryl methyl sites for hydroxylation is 2. The van der Waals surface area contributed by atoms with Crippen molar-refractivity contribution >= 4 is 17.1 Å². The number of imidazole rings is 1. The first kappa shape index (κ1) is 22.4. The normalized spacial score (nSPS) is 12.2. The predicted octanol–water partition coefficient (Wildman–Crippen LogP) is 1.64. The number of hydrogen-bond donors (Lipinski definition) is 2. The number of furan rings is 1. The Kier molecular flexibility index (Phi) is 6.36. The molecule has 3 heterocycles. The molecule has 1 aromatic carbocycles. The molecular weight excluding hydrogens is 426 g/mol. The lowest BCUT2D eigenvalue weighted by Gasteiger charge is -2.16. The van der Waals surface area contributed by atoms with Crippen molar-refractivity contribution in [2.24, 2.45) is 14.1 Å². The van der Waals surface area contributed by atoms with E-state index < -0.39 is 17.4 Å². The number of aliphatic hydroxyl groups excluding tert-OH is 1. The largest absolute Gasteiger partial charge is 0.491 e. The Morgan fingerprint density at radius 1 is 1.18 bits per heavy atom. The number of rotatable bonds is 9. The van der Waals surface area contributed by atoms with E-state index in [4.69, 9.17) is 9.15 Å². The number of fused-ring (bicyclic) bond motifs is 1. The number of nitrogens with zero attached hydrogens (tertiary/aromatic N) is 4. The van der Waals surface area contributed by atoms with Crippen molar-refractivity contribution in [1.29, 1.82) is 0 Å². The van der Waals surface area contributed by atoms with Gasteiger partial charge in [0.15, 0.2) is 11.2 Å². The molecule has 0 amide bonds. The maximum absolute atomic E-state index is 12.9. The van der Waals surface area contributed by atoms with E-state index >= 15 is 0 Å². The average molecular weight is 453 g/mol. The molecule has 1 atom stereocenters. The standard InChI is InChI=1S/C23H27N5O5/c1-4-15-7-5-8-17(11-15)33-14-16(29)13-28-19-20(26(2)23(31)27(3)21(19)30)25-22(28)24-12-18-9-6-10-32-18/h5-11,16,29H,4,12-14H2,1-3H3,(H,24,25)/t16-/m1/s1. The van der Waals surface area contributed by atoms with Crippen LogP contribution in [-0.4, -0.2) is 36.5 Å². The highest BCUT2D eigenvalue weighted by Gasteiger charge is 2.21. The quantitative estimate of drug-likeness (QED) is 0.396. The highest BCUT2D eigenvalue weighted by atomic mass is 16.5. The molecule has 0 unspecified atom stereocenters. The summed E-state index contributed by atoms with van der Waals surface area (Å²) in [5.74, 6) is 1.68. The van der Waals surface area contributed by atoms with E-state index in [2.05, 4.69) is 17.2 Å². The summed E-state index contributed by atoms with van der Waals surface area (Å²) in [5, 5.41) is 13.9. The molecule has 0 spiro atoms. The molecule has 174 valence electrons. The molecule has 4 aromatic rings. The number of anilines is 1. The minimum absolute atomic E-state index is 0.0243. The molecule has 10 nitrogen and oxygen atoms in total. The van der Waals surface area contributed by atoms with Crippen molar-refractivity contribution in [3.63, 3.8) is 0 Å². The Labute approximate surface area is 189 Å². The summed E-state index contributed by atoms with van der Waals surface area (Å²) in [7, 11) is 2.97. The first-order valence-corrected chi connectivity index (χ1v) is 10.7. The van der Waals surface area contributed by atoms with Crippen LogP contribution in [0.15, 0.2) is 56.7 Å². The van der Waals surface area contributed by atoms with E-state index in [0.29, 0.717) is 24.0 Å². The molecule has 0 aliphatic rings. The van der Waals surface area contributed by atoms with Crippen molar-refractivity contribution in [2.45, 2.75) is 32.5 Å². The fourth-order valence-corrected chi connectivity index (χ4v) is 3.65. The van der Waals surface area contributed by atoms with Crippen LogP contribution < -0.4 is 21.3 Å². The highest BCUT2D eigenvalue weighted by Crippen LogP contribution is 2.19. The number of benzene rings is 1. The van der Waals surface area contributed by atoms with Gasteiger partial charge in [-0.05, 0) is 36.2 Å². The molecular formula is C23H27N5O5. The summed E-state index contributed by atoms with van der Waals surface area (Å²) in [4.78, 5) is 29.8. The Morgan fingerprint density at radius 2 is 2.00 bits per heavy atom. The van der Waals surface area contributed by atoms with E-state index in [-0.39, 0.29) is 24.3 Å². The van der Waals surface area contributed by atoms with Crippen LogP contribution in [-0.2, 0) is 33.6 Å². The first-order valence-electron chi connectivity index (χ1n) is 10.7. The van der Waals surface area contributed by atoms with Crippen LogP contribution in [0.4, 0.5) is 5.95 Å². The molecule has 0 aliphatic heterocycles. The van der Waals surface area contributed by atoms with E-state index in [1.165, 1.54) is 11.6 Å². The molecule has 0 fully saturated rings. The van der Waals surface area contributed by atoms with Gasteiger partial charge in [0.1, 0.15) is 24.2 Å². The zero-order valence-electron chi connectivity index (χ0n) is 18.8. The van der Waals surface area contributed by atoms with Gasteiger partial charge >= 0.3 is 5.69 Å². The molecule has 2 N–H and O–H groups in total. The van der Waals surface area contributed by atoms with E-state index in [9.17, 15) is 14.7 Å². The van der Waals surface area contributed by atoms with Gasteiger partial charge in [0.25, 0.3) is 5.56 Å². The lowest BCUT2D eigenvalue weighted by molar-refractivity contribution is 0.0937. The second-order valence-electron chi connectivity index (χ2n) is 7.82. The van der Waals surface area contributed by atoms with Crippen LogP contribution in [0.25, 0.3) is 11.2 Å². The molecule has 0 saturated carbocycles. The third-order valence-electron chi connectivity index (χ3n) is 5.49. The molecule has 3 aromatic heterocycles. The van der Waals surface area contributed by atoms with Crippen LogP contribution in [0, 0.1) is 0 Å². The SMILES string of the molecule is CCc1cccc(OC[C@H](O)Cn2c(NCc3ccco3)nc3c2c(=O)n(C)c(=O)n3C)c1. The minimum Gasteiger partial charge on any atom is -0.491 e. The molecule has 0 radical (unpaired) electrons. The second kappa shape index (κ2) is 9.37. The van der Waals surface area contributed by atoms with Gasteiger partial charge in [-0.3, -0.25) is 13.9 Å². The van der Waals surface area contributed by atoms with Gasteiger partial charge in [0.05, 0.1) is 19.4 Å². The molecule has 33 heavy (non-hydrogen) atoms. The van der Waals surface area contributed by atoms with Gasteiger partial charge in [0, 0.05) is 14.1 Å². The Morgan fingerprint density at radius 3 is 2.73 bits per heavy atom. The van der Waals surface area contributed by atoms with Gasteiger partial charge in [0.2, 0.25) is 5.95 Å². The molecule has 0 aliphatic carbocycles. The Balaban J connectivity index is 1.64. The maximum atomic E-state index is 12.9. The minimum atomic E-state index is -0.932. The third kappa shape index (κ3) is 4.56. The molecule has 0 saturated heterocycles. The number of aliphatic hydroxyl groups is 1. The zero-order valence-corrected chi connectivity index (χ0v) is 18.8. The van der Waals surface area contributed by atoms with Crippen LogP contribution in [0.3, 0.4) is 0 Å². The maximum Gasteiger partial charge on any atom is 0.332 e. The van der Waals surface area contributed by atoms with Crippen molar-refractivity contribution in [3.8, 4) is 5.75 Å². The summed E-state index contributed by atoms with van der Waals surface area (Å²) >= 11 is 0. The van der Waals surface area contributed by atoms with Crippen molar-refractivity contribution in [2.75, 3.05) is 11.9 Å². The highest BCUT2D eigenvalue weighted by molar-refractivity contribution is 5.74. The average Bonchev–Trinajstić information content (AvgIpc) is 3.47. The number of aromatic nitrogens is 4. The summed E-state index contributed by atoms with van der Waals surface area (Å²) < 4.78 is 15.0. The predicted molar refractivity (Wildman–Crippen MR) is 124 cm³/mol. The van der Waals surface area contributed by atoms with Crippen LogP contribution in [0.1, 0.15) is 18.2 Å². The van der Waals surface area contributed by atoms with Crippen molar-refractivity contribution < 1.29 is 14.3 Å². The number of hydrogen-bond acceptors (Lipinski definition) is 7. The Hall–Kier alpha value is -3.79. The fourth-order valence-electron chi connectivity index (χ4n) is 3.65. The lowest BCUT2D eigenvalue weighted by atomic mass is 10.2. The van der Waals surface area contributed by atoms with Crippen molar-refractivity contribution in [1.82, 2.24) is 18.7 Å². The van der Waals surface area contributed by atoms with Gasteiger partial charge in [-0.1, -0.05) is 19.1 Å². The van der Waals surface area contributed by atoms with E-state index in [1.807, 2.05) is 30.3 Å². The van der Waals surface area contributed by atoms with E-state index in [0.717, 1.165) is 16.6 Å².